The first-order valence-electron chi connectivity index (χ1n) is 5.11. The predicted octanol–water partition coefficient (Wildman–Crippen LogP) is 3.04. The molecule has 0 spiro atoms. The molecule has 1 aromatic heterocycles. The van der Waals surface area contributed by atoms with E-state index in [4.69, 9.17) is 16.7 Å². The van der Waals surface area contributed by atoms with Gasteiger partial charge in [-0.1, -0.05) is 17.7 Å². The van der Waals surface area contributed by atoms with Crippen LogP contribution in [0.1, 0.15) is 10.4 Å². The van der Waals surface area contributed by atoms with Gasteiger partial charge in [0.25, 0.3) is 10.0 Å². The average Bonchev–Trinajstić information content (AvgIpc) is 2.79. The van der Waals surface area contributed by atoms with E-state index in [1.54, 1.807) is 0 Å². The number of halogens is 2. The van der Waals surface area contributed by atoms with E-state index in [0.29, 0.717) is 0 Å². The normalized spacial score (nSPS) is 11.3. The van der Waals surface area contributed by atoms with Gasteiger partial charge in [0.15, 0.2) is 0 Å². The van der Waals surface area contributed by atoms with Crippen LogP contribution in [0.3, 0.4) is 0 Å². The van der Waals surface area contributed by atoms with Crippen LogP contribution in [-0.4, -0.2) is 19.5 Å². The first kappa shape index (κ1) is 14.8. The number of carbonyl (C=O) groups is 1. The van der Waals surface area contributed by atoms with Crippen molar-refractivity contribution in [2.24, 2.45) is 0 Å². The van der Waals surface area contributed by atoms with E-state index < -0.39 is 33.1 Å². The van der Waals surface area contributed by atoms with Gasteiger partial charge in [0.2, 0.25) is 0 Å². The van der Waals surface area contributed by atoms with Gasteiger partial charge in [0.1, 0.15) is 10.0 Å². The van der Waals surface area contributed by atoms with Gasteiger partial charge < -0.3 is 5.11 Å². The van der Waals surface area contributed by atoms with Crippen LogP contribution >= 0.6 is 22.9 Å². The molecule has 0 saturated heterocycles. The van der Waals surface area contributed by atoms with Crippen LogP contribution in [0.2, 0.25) is 4.34 Å². The van der Waals surface area contributed by atoms with Gasteiger partial charge in [-0.2, -0.15) is 0 Å². The molecule has 1 aromatic carbocycles. The van der Waals surface area contributed by atoms with Crippen molar-refractivity contribution in [3.8, 4) is 0 Å². The van der Waals surface area contributed by atoms with Gasteiger partial charge in [-0.3, -0.25) is 4.72 Å². The zero-order valence-electron chi connectivity index (χ0n) is 9.63. The van der Waals surface area contributed by atoms with E-state index in [2.05, 4.69) is 0 Å². The number of carboxylic acids is 1. The first-order valence-corrected chi connectivity index (χ1v) is 7.79. The Hall–Kier alpha value is -1.64. The largest absolute Gasteiger partial charge is 0.478 e. The molecule has 9 heteroatoms. The van der Waals surface area contributed by atoms with E-state index >= 15 is 0 Å². The second-order valence-corrected chi connectivity index (χ2v) is 7.26. The highest BCUT2D eigenvalue weighted by atomic mass is 35.5. The Morgan fingerprint density at radius 3 is 2.55 bits per heavy atom. The molecule has 2 rings (SSSR count). The maximum atomic E-state index is 13.6. The number of anilines is 1. The van der Waals surface area contributed by atoms with Crippen LogP contribution in [0.15, 0.2) is 34.5 Å². The molecule has 20 heavy (non-hydrogen) atoms. The topological polar surface area (TPSA) is 83.5 Å². The molecule has 106 valence electrons. The third-order valence-corrected chi connectivity index (χ3v) is 5.37. The van der Waals surface area contributed by atoms with Crippen LogP contribution in [0.5, 0.6) is 0 Å². The smallest absolute Gasteiger partial charge is 0.337 e. The monoisotopic (exact) mass is 335 g/mol. The molecule has 0 bridgehead atoms. The molecule has 0 atom stereocenters. The molecule has 0 aliphatic heterocycles. The van der Waals surface area contributed by atoms with Crippen molar-refractivity contribution in [2.45, 2.75) is 4.21 Å². The summed E-state index contributed by atoms with van der Waals surface area (Å²) in [5, 5.41) is 8.94. The summed E-state index contributed by atoms with van der Waals surface area (Å²) in [4.78, 5) is 11.0. The summed E-state index contributed by atoms with van der Waals surface area (Å²) < 4.78 is 39.7. The SMILES string of the molecule is O=C(O)c1cccc(F)c1NS(=O)(=O)c1ccc(Cl)s1. The van der Waals surface area contributed by atoms with Crippen LogP contribution in [0.4, 0.5) is 10.1 Å². The molecule has 2 aromatic rings. The number of hydrogen-bond acceptors (Lipinski definition) is 4. The van der Waals surface area contributed by atoms with Crippen molar-refractivity contribution in [3.63, 3.8) is 0 Å². The quantitative estimate of drug-likeness (QED) is 0.899. The molecule has 2 N–H and O–H groups in total. The minimum Gasteiger partial charge on any atom is -0.478 e. The van der Waals surface area contributed by atoms with E-state index in [1.807, 2.05) is 4.72 Å². The fourth-order valence-electron chi connectivity index (χ4n) is 1.43. The van der Waals surface area contributed by atoms with Crippen molar-refractivity contribution in [1.82, 2.24) is 0 Å². The third kappa shape index (κ3) is 2.92. The van der Waals surface area contributed by atoms with Gasteiger partial charge in [0.05, 0.1) is 15.6 Å². The molecule has 0 amide bonds. The maximum absolute atomic E-state index is 13.6. The van der Waals surface area contributed by atoms with Crippen molar-refractivity contribution < 1.29 is 22.7 Å². The second kappa shape index (κ2) is 5.39. The van der Waals surface area contributed by atoms with Crippen molar-refractivity contribution in [1.29, 1.82) is 0 Å². The summed E-state index contributed by atoms with van der Waals surface area (Å²) in [5.41, 5.74) is -1.08. The molecule has 0 aliphatic carbocycles. The molecule has 0 saturated carbocycles. The minimum atomic E-state index is -4.09. The highest BCUT2D eigenvalue weighted by Crippen LogP contribution is 2.29. The Morgan fingerprint density at radius 2 is 2.00 bits per heavy atom. The fraction of sp³-hybridized carbons (Fsp3) is 0. The van der Waals surface area contributed by atoms with Gasteiger partial charge >= 0.3 is 5.97 Å². The lowest BCUT2D eigenvalue weighted by atomic mass is 10.2. The number of benzene rings is 1. The molecule has 5 nitrogen and oxygen atoms in total. The predicted molar refractivity (Wildman–Crippen MR) is 73.5 cm³/mol. The van der Waals surface area contributed by atoms with E-state index in [-0.39, 0.29) is 8.55 Å². The summed E-state index contributed by atoms with van der Waals surface area (Å²) >= 11 is 6.42. The Balaban J connectivity index is 2.47. The fourth-order valence-corrected chi connectivity index (χ4v) is 4.00. The number of para-hydroxylation sites is 1. The molecular weight excluding hydrogens is 329 g/mol. The van der Waals surface area contributed by atoms with Gasteiger partial charge in [-0.15, -0.1) is 11.3 Å². The van der Waals surface area contributed by atoms with Crippen molar-refractivity contribution in [3.05, 3.63) is 46.0 Å². The molecule has 0 radical (unpaired) electrons. The number of thiophene rings is 1. The van der Waals surface area contributed by atoms with E-state index in [1.165, 1.54) is 18.2 Å². The first-order chi connectivity index (χ1) is 9.31. The van der Waals surface area contributed by atoms with Crippen LogP contribution in [0, 0.1) is 5.82 Å². The number of carboxylic acid groups (broad SMARTS) is 1. The second-order valence-electron chi connectivity index (χ2n) is 3.63. The lowest BCUT2D eigenvalue weighted by Gasteiger charge is -2.10. The van der Waals surface area contributed by atoms with Crippen LogP contribution in [-0.2, 0) is 10.0 Å². The lowest BCUT2D eigenvalue weighted by molar-refractivity contribution is 0.0697. The van der Waals surface area contributed by atoms with Crippen molar-refractivity contribution >= 4 is 44.6 Å². The van der Waals surface area contributed by atoms with Crippen LogP contribution < -0.4 is 4.72 Å². The maximum Gasteiger partial charge on any atom is 0.337 e. The Kier molecular flexibility index (Phi) is 3.98. The number of rotatable bonds is 4. The number of aromatic carboxylic acids is 1. The number of sulfonamides is 1. The number of hydrogen-bond donors (Lipinski definition) is 2. The lowest BCUT2D eigenvalue weighted by Crippen LogP contribution is -2.15. The number of nitrogens with one attached hydrogen (secondary N) is 1. The van der Waals surface area contributed by atoms with E-state index in [0.717, 1.165) is 23.5 Å². The Labute approximate surface area is 122 Å². The minimum absolute atomic E-state index is 0.137. The molecule has 0 unspecified atom stereocenters. The summed E-state index contributed by atoms with van der Waals surface area (Å²) in [6, 6.07) is 5.87. The zero-order chi connectivity index (χ0) is 14.9. The van der Waals surface area contributed by atoms with E-state index in [9.17, 15) is 17.6 Å². The molecule has 0 fully saturated rings. The zero-order valence-corrected chi connectivity index (χ0v) is 12.0. The van der Waals surface area contributed by atoms with Crippen LogP contribution in [0.25, 0.3) is 0 Å². The highest BCUT2D eigenvalue weighted by Gasteiger charge is 2.22. The summed E-state index contributed by atoms with van der Waals surface area (Å²) in [7, 11) is -4.09. The Bertz CT molecular complexity index is 772. The standard InChI is InChI=1S/C11H7ClFNO4S2/c12-8-4-5-9(19-8)20(17,18)14-10-6(11(15)16)2-1-3-7(10)13/h1-5,14H,(H,15,16). The van der Waals surface area contributed by atoms with Gasteiger partial charge in [-0.25, -0.2) is 17.6 Å². The molecule has 1 heterocycles. The summed E-state index contributed by atoms with van der Waals surface area (Å²) in [6.45, 7) is 0. The van der Waals surface area contributed by atoms with Gasteiger partial charge in [0, 0.05) is 0 Å². The highest BCUT2D eigenvalue weighted by molar-refractivity contribution is 7.94. The third-order valence-electron chi connectivity index (χ3n) is 2.29. The van der Waals surface area contributed by atoms with Gasteiger partial charge in [-0.05, 0) is 24.3 Å². The Morgan fingerprint density at radius 1 is 1.30 bits per heavy atom. The van der Waals surface area contributed by atoms with Crippen molar-refractivity contribution in [2.75, 3.05) is 4.72 Å². The summed E-state index contributed by atoms with van der Waals surface area (Å²) in [6.07, 6.45) is 0. The summed E-state index contributed by atoms with van der Waals surface area (Å²) in [5.74, 6) is -2.41. The average molecular weight is 336 g/mol. The molecular formula is C11H7ClFNO4S2. The molecule has 0 aliphatic rings.